The topological polar surface area (TPSA) is 65.8 Å². The Bertz CT molecular complexity index is 937. The Kier molecular flexibility index (Phi) is 17.2. The number of hydrogen-bond acceptors (Lipinski definition) is 2. The van der Waals surface area contributed by atoms with Gasteiger partial charge in [-0.15, -0.1) is 0 Å². The van der Waals surface area contributed by atoms with Gasteiger partial charge in [-0.05, 0) is 110 Å². The Morgan fingerprint density at radius 3 is 0.973 bits per heavy atom. The minimum atomic E-state index is 0. The summed E-state index contributed by atoms with van der Waals surface area (Å²) < 4.78 is 1.39. The van der Waals surface area contributed by atoms with Crippen LogP contribution in [0.3, 0.4) is 0 Å². The largest absolute Gasteiger partial charge is 0.493 e. The van der Waals surface area contributed by atoms with Gasteiger partial charge in [0.15, 0.2) is 0 Å². The number of nitrogens with zero attached hydrogens (tertiary/aromatic N) is 2. The summed E-state index contributed by atoms with van der Waals surface area (Å²) in [5.74, 6) is 0. The molecule has 0 bridgehead atoms. The van der Waals surface area contributed by atoms with Crippen molar-refractivity contribution in [3.8, 4) is 0 Å². The molecule has 37 heavy (non-hydrogen) atoms. The van der Waals surface area contributed by atoms with Crippen LogP contribution in [0.2, 0.25) is 0 Å². The molecule has 0 aromatic heterocycles. The van der Waals surface area contributed by atoms with Gasteiger partial charge in [0.05, 0.1) is 0 Å². The quantitative estimate of drug-likeness (QED) is 0.264. The van der Waals surface area contributed by atoms with E-state index in [-0.39, 0.29) is 29.7 Å². The van der Waals surface area contributed by atoms with E-state index < -0.39 is 0 Å². The molecule has 1 aliphatic rings. The predicted molar refractivity (Wildman–Crippen MR) is 154 cm³/mol. The average molecular weight is 551 g/mol. The predicted octanol–water partition coefficient (Wildman–Crippen LogP) is 7.49. The molecule has 4 nitrogen and oxygen atoms in total. The van der Waals surface area contributed by atoms with Gasteiger partial charge in [0, 0.05) is 53.0 Å². The molecule has 2 N–H and O–H groups in total. The van der Waals surface area contributed by atoms with Crippen LogP contribution in [0.4, 0.5) is 0 Å². The molecule has 0 aliphatic carbocycles. The molecule has 1 aliphatic heterocycles. The zero-order chi connectivity index (χ0) is 27.3. The molecule has 2 aromatic carbocycles. The summed E-state index contributed by atoms with van der Waals surface area (Å²) in [6, 6.07) is 9.05. The van der Waals surface area contributed by atoms with Gasteiger partial charge in [0.1, 0.15) is 0 Å². The summed E-state index contributed by atoms with van der Waals surface area (Å²) in [6.07, 6.45) is 10.3. The number of aliphatic hydroxyl groups is 2. The molecule has 0 amide bonds. The molecule has 2 aromatic rings. The summed E-state index contributed by atoms with van der Waals surface area (Å²) in [6.45, 7) is 17.2. The molecule has 0 radical (unpaired) electrons. The fourth-order valence-corrected chi connectivity index (χ4v) is 4.93. The van der Waals surface area contributed by atoms with Gasteiger partial charge < -0.3 is 15.7 Å². The number of aryl methyl sites for hydroxylation is 4. The van der Waals surface area contributed by atoms with Crippen molar-refractivity contribution >= 4 is 11.4 Å². The Hall–Kier alpha value is -2.07. The minimum absolute atomic E-state index is 0. The summed E-state index contributed by atoms with van der Waals surface area (Å²) >= 11 is 0. The first kappa shape index (κ1) is 34.9. The van der Waals surface area contributed by atoms with E-state index in [0.717, 1.165) is 61.0 Å². The van der Waals surface area contributed by atoms with Crippen LogP contribution in [-0.4, -0.2) is 28.1 Å². The Morgan fingerprint density at radius 1 is 0.541 bits per heavy atom. The molecule has 0 saturated heterocycles. The Balaban J connectivity index is 0.00000169. The van der Waals surface area contributed by atoms with Crippen molar-refractivity contribution in [3.63, 3.8) is 0 Å². The molecule has 0 atom stereocenters. The summed E-state index contributed by atoms with van der Waals surface area (Å²) in [5.41, 5.74) is 23.6. The van der Waals surface area contributed by atoms with Crippen LogP contribution in [0.5, 0.6) is 0 Å². The van der Waals surface area contributed by atoms with E-state index in [4.69, 9.17) is 10.2 Å². The fourth-order valence-electron chi connectivity index (χ4n) is 4.93. The first-order valence-corrected chi connectivity index (χ1v) is 13.8. The van der Waals surface area contributed by atoms with Crippen molar-refractivity contribution in [2.24, 2.45) is 0 Å². The zero-order valence-electron chi connectivity index (χ0n) is 24.2. The van der Waals surface area contributed by atoms with Gasteiger partial charge in [-0.3, -0.25) is 0 Å². The average Bonchev–Trinajstić information content (AvgIpc) is 3.28. The zero-order valence-corrected chi connectivity index (χ0v) is 25.2. The molecular formula is C32H48N2NiO2. The van der Waals surface area contributed by atoms with Crippen LogP contribution in [0.1, 0.15) is 99.9 Å². The van der Waals surface area contributed by atoms with Crippen LogP contribution >= 0.6 is 0 Å². The molecule has 0 fully saturated rings. The summed E-state index contributed by atoms with van der Waals surface area (Å²) in [7, 11) is 0. The van der Waals surface area contributed by atoms with Crippen molar-refractivity contribution in [2.45, 2.75) is 93.9 Å². The monoisotopic (exact) mass is 550 g/mol. The maximum atomic E-state index is 11.2. The Labute approximate surface area is 235 Å². The number of aliphatic hydroxyl groups excluding tert-OH is 2. The van der Waals surface area contributed by atoms with Gasteiger partial charge >= 0.3 is 0 Å². The van der Waals surface area contributed by atoms with E-state index in [2.05, 4.69) is 78.0 Å². The molecule has 0 spiro atoms. The van der Waals surface area contributed by atoms with Crippen molar-refractivity contribution in [1.82, 2.24) is 0 Å². The van der Waals surface area contributed by atoms with Crippen molar-refractivity contribution in [3.05, 3.63) is 86.5 Å². The first-order chi connectivity index (χ1) is 17.3. The van der Waals surface area contributed by atoms with E-state index in [1.807, 2.05) is 0 Å². The molecule has 208 valence electrons. The standard InChI is InChI=1S/C28H36N2.2C2H6O.Ni/c1-7-19-15-23(16-20(8-2)25(19)11-5)27-13-14-28(30(27)29)24-17-21(9-3)26(12-6)22(10-4)18-24;2*1-2-3;/h13-18H,7-12H2,1-6H3;2*3H,2H2,1H3;. The van der Waals surface area contributed by atoms with Crippen LogP contribution in [0.25, 0.3) is 16.9 Å². The first-order valence-electron chi connectivity index (χ1n) is 13.8. The SMILES string of the molecule is CCO.CCO.CCc1cc(C2=CC=C(c3cc(CC)c(CC)c(CC)c3)[N+]2=[N-])cc(CC)c1CC.[Ni]. The van der Waals surface area contributed by atoms with Gasteiger partial charge in [0.2, 0.25) is 11.4 Å². The van der Waals surface area contributed by atoms with Crippen LogP contribution in [0.15, 0.2) is 36.4 Å². The number of hydrogen-bond donors (Lipinski definition) is 2. The number of benzene rings is 2. The van der Waals surface area contributed by atoms with Crippen molar-refractivity contribution in [1.29, 1.82) is 0 Å². The van der Waals surface area contributed by atoms with Gasteiger partial charge in [-0.2, -0.15) is 0 Å². The second-order valence-corrected chi connectivity index (χ2v) is 8.72. The minimum Gasteiger partial charge on any atom is -0.493 e. The summed E-state index contributed by atoms with van der Waals surface area (Å²) in [5, 5.41) is 15.1. The third-order valence-electron chi connectivity index (χ3n) is 6.55. The third-order valence-corrected chi connectivity index (χ3v) is 6.55. The van der Waals surface area contributed by atoms with Gasteiger partial charge in [-0.1, -0.05) is 41.5 Å². The summed E-state index contributed by atoms with van der Waals surface area (Å²) in [4.78, 5) is 0. The normalized spacial score (nSPS) is 12.0. The third kappa shape index (κ3) is 8.74. The van der Waals surface area contributed by atoms with E-state index in [1.54, 1.807) is 13.8 Å². The van der Waals surface area contributed by atoms with E-state index >= 15 is 0 Å². The molecule has 3 rings (SSSR count). The van der Waals surface area contributed by atoms with Crippen LogP contribution < -0.4 is 0 Å². The van der Waals surface area contributed by atoms with E-state index in [1.165, 1.54) is 38.1 Å². The molecule has 0 unspecified atom stereocenters. The van der Waals surface area contributed by atoms with Crippen molar-refractivity contribution in [2.75, 3.05) is 13.2 Å². The van der Waals surface area contributed by atoms with Gasteiger partial charge in [0.25, 0.3) is 0 Å². The van der Waals surface area contributed by atoms with E-state index in [0.29, 0.717) is 0 Å². The van der Waals surface area contributed by atoms with Crippen LogP contribution in [-0.2, 0) is 55.0 Å². The van der Waals surface area contributed by atoms with Gasteiger partial charge in [-0.25, -0.2) is 4.70 Å². The Morgan fingerprint density at radius 2 is 0.784 bits per heavy atom. The smallest absolute Gasteiger partial charge is 0.207 e. The molecule has 5 heteroatoms. The number of rotatable bonds is 8. The van der Waals surface area contributed by atoms with Crippen molar-refractivity contribution < 1.29 is 31.4 Å². The van der Waals surface area contributed by atoms with Crippen LogP contribution in [0, 0.1) is 0 Å². The maximum Gasteiger partial charge on any atom is 0.207 e. The maximum absolute atomic E-state index is 11.2. The number of allylic oxidation sites excluding steroid dienone is 2. The second kappa shape index (κ2) is 18.2. The molecule has 0 saturated carbocycles. The fraction of sp³-hybridized carbons (Fsp3) is 0.500. The second-order valence-electron chi connectivity index (χ2n) is 8.72. The molecular weight excluding hydrogens is 503 g/mol. The molecule has 1 heterocycles. The van der Waals surface area contributed by atoms with E-state index in [9.17, 15) is 5.53 Å².